The SMILES string of the molecule is CCS(=O)(=O)c1ccc(CC(=O)Nc2ccc(C(=O)N(C)[C@H](C)c3ccc(CC(C)C)cc3)cc2)cc1. The molecule has 196 valence electrons. The van der Waals surface area contributed by atoms with Crippen molar-refractivity contribution in [3.05, 3.63) is 95.1 Å². The average Bonchev–Trinajstić information content (AvgIpc) is 2.88. The molecule has 6 nitrogen and oxygen atoms in total. The zero-order chi connectivity index (χ0) is 27.2. The van der Waals surface area contributed by atoms with Crippen LogP contribution in [0.5, 0.6) is 0 Å². The smallest absolute Gasteiger partial charge is 0.254 e. The van der Waals surface area contributed by atoms with Crippen molar-refractivity contribution in [1.82, 2.24) is 4.90 Å². The van der Waals surface area contributed by atoms with Crippen LogP contribution in [0.15, 0.2) is 77.7 Å². The van der Waals surface area contributed by atoms with Crippen molar-refractivity contribution in [3.8, 4) is 0 Å². The number of carbonyl (C=O) groups excluding carboxylic acids is 2. The number of hydrogen-bond acceptors (Lipinski definition) is 4. The molecule has 3 aromatic rings. The zero-order valence-electron chi connectivity index (χ0n) is 22.2. The molecule has 1 N–H and O–H groups in total. The van der Waals surface area contributed by atoms with E-state index >= 15 is 0 Å². The third-order valence-corrected chi connectivity index (χ3v) is 8.20. The topological polar surface area (TPSA) is 83.5 Å². The Hall–Kier alpha value is -3.45. The quantitative estimate of drug-likeness (QED) is 0.372. The molecule has 3 rings (SSSR count). The molecule has 0 aliphatic carbocycles. The molecule has 2 amide bonds. The van der Waals surface area contributed by atoms with Gasteiger partial charge >= 0.3 is 0 Å². The van der Waals surface area contributed by atoms with Gasteiger partial charge in [0.05, 0.1) is 23.1 Å². The van der Waals surface area contributed by atoms with Crippen LogP contribution in [0.1, 0.15) is 60.8 Å². The Morgan fingerprint density at radius 3 is 1.95 bits per heavy atom. The van der Waals surface area contributed by atoms with Gasteiger partial charge in [-0.2, -0.15) is 0 Å². The van der Waals surface area contributed by atoms with Crippen molar-refractivity contribution < 1.29 is 18.0 Å². The lowest BCUT2D eigenvalue weighted by Gasteiger charge is -2.26. The van der Waals surface area contributed by atoms with Crippen LogP contribution in [0.25, 0.3) is 0 Å². The van der Waals surface area contributed by atoms with Crippen LogP contribution in [0.2, 0.25) is 0 Å². The number of nitrogens with one attached hydrogen (secondary N) is 1. The molecule has 7 heteroatoms. The van der Waals surface area contributed by atoms with Crippen LogP contribution in [-0.4, -0.2) is 37.9 Å². The van der Waals surface area contributed by atoms with Gasteiger partial charge in [0.2, 0.25) is 5.91 Å². The normalized spacial score (nSPS) is 12.3. The number of anilines is 1. The summed E-state index contributed by atoms with van der Waals surface area (Å²) in [6.45, 7) is 8.00. The summed E-state index contributed by atoms with van der Waals surface area (Å²) in [4.78, 5) is 27.5. The van der Waals surface area contributed by atoms with Crippen molar-refractivity contribution in [1.29, 1.82) is 0 Å². The Kier molecular flexibility index (Phi) is 9.27. The molecular formula is C30H36N2O4S. The minimum Gasteiger partial charge on any atom is -0.335 e. The standard InChI is InChI=1S/C30H36N2O4S/c1-6-37(35,36)28-17-9-24(10-18-28)20-29(33)31-27-15-13-26(14-16-27)30(34)32(5)22(4)25-11-7-23(8-12-25)19-21(2)3/h7-18,21-22H,6,19-20H2,1-5H3,(H,31,33)/t22-/m1/s1. The van der Waals surface area contributed by atoms with E-state index in [1.807, 2.05) is 6.92 Å². The highest BCUT2D eigenvalue weighted by atomic mass is 32.2. The lowest BCUT2D eigenvalue weighted by atomic mass is 9.99. The fraction of sp³-hybridized carbons (Fsp3) is 0.333. The minimum atomic E-state index is -3.27. The van der Waals surface area contributed by atoms with Crippen LogP contribution in [0.4, 0.5) is 5.69 Å². The van der Waals surface area contributed by atoms with Gasteiger partial charge in [-0.1, -0.05) is 57.2 Å². The van der Waals surface area contributed by atoms with Crippen molar-refractivity contribution in [3.63, 3.8) is 0 Å². The van der Waals surface area contributed by atoms with E-state index in [9.17, 15) is 18.0 Å². The fourth-order valence-electron chi connectivity index (χ4n) is 4.07. The second-order valence-electron chi connectivity index (χ2n) is 9.78. The third-order valence-electron chi connectivity index (χ3n) is 6.45. The van der Waals surface area contributed by atoms with Crippen molar-refractivity contribution in [2.75, 3.05) is 18.1 Å². The predicted molar refractivity (Wildman–Crippen MR) is 148 cm³/mol. The van der Waals surface area contributed by atoms with Gasteiger partial charge in [0.25, 0.3) is 5.91 Å². The Balaban J connectivity index is 1.58. The summed E-state index contributed by atoms with van der Waals surface area (Å²) in [6.07, 6.45) is 1.14. The molecule has 3 aromatic carbocycles. The zero-order valence-corrected chi connectivity index (χ0v) is 23.0. The summed E-state index contributed by atoms with van der Waals surface area (Å²) >= 11 is 0. The summed E-state index contributed by atoms with van der Waals surface area (Å²) in [6, 6.07) is 21.5. The minimum absolute atomic E-state index is 0.0333. The van der Waals surface area contributed by atoms with E-state index in [0.717, 1.165) is 12.0 Å². The maximum absolute atomic E-state index is 13.1. The van der Waals surface area contributed by atoms with E-state index in [-0.39, 0.29) is 34.9 Å². The molecule has 0 aliphatic rings. The van der Waals surface area contributed by atoms with E-state index in [2.05, 4.69) is 43.4 Å². The molecule has 37 heavy (non-hydrogen) atoms. The van der Waals surface area contributed by atoms with Crippen LogP contribution in [0.3, 0.4) is 0 Å². The summed E-state index contributed by atoms with van der Waals surface area (Å²) in [5.74, 6) is 0.306. The van der Waals surface area contributed by atoms with E-state index in [1.165, 1.54) is 17.7 Å². The van der Waals surface area contributed by atoms with E-state index < -0.39 is 9.84 Å². The molecule has 0 saturated carbocycles. The summed E-state index contributed by atoms with van der Waals surface area (Å²) in [5.41, 5.74) is 4.21. The third kappa shape index (κ3) is 7.52. The number of sulfone groups is 1. The molecule has 0 fully saturated rings. The number of nitrogens with zero attached hydrogens (tertiary/aromatic N) is 1. The van der Waals surface area contributed by atoms with E-state index in [1.54, 1.807) is 55.3 Å². The number of benzene rings is 3. The van der Waals surface area contributed by atoms with Crippen molar-refractivity contribution >= 4 is 27.3 Å². The Bertz CT molecular complexity index is 1310. The molecular weight excluding hydrogens is 484 g/mol. The van der Waals surface area contributed by atoms with Gasteiger partial charge in [0.15, 0.2) is 9.84 Å². The lowest BCUT2D eigenvalue weighted by molar-refractivity contribution is -0.115. The second-order valence-corrected chi connectivity index (χ2v) is 12.1. The maximum atomic E-state index is 13.1. The van der Waals surface area contributed by atoms with Gasteiger partial charge in [-0.15, -0.1) is 0 Å². The Morgan fingerprint density at radius 1 is 0.838 bits per heavy atom. The van der Waals surface area contributed by atoms with Gasteiger partial charge in [-0.05, 0) is 72.4 Å². The molecule has 1 atom stereocenters. The van der Waals surface area contributed by atoms with Crippen molar-refractivity contribution in [2.24, 2.45) is 5.92 Å². The van der Waals surface area contributed by atoms with Gasteiger partial charge in [-0.3, -0.25) is 9.59 Å². The molecule has 0 spiro atoms. The van der Waals surface area contributed by atoms with Crippen molar-refractivity contribution in [2.45, 2.75) is 51.5 Å². The first-order valence-corrected chi connectivity index (χ1v) is 14.2. The predicted octanol–water partition coefficient (Wildman–Crippen LogP) is 5.69. The van der Waals surface area contributed by atoms with Crippen LogP contribution in [-0.2, 0) is 27.5 Å². The molecule has 0 bridgehead atoms. The van der Waals surface area contributed by atoms with Crippen LogP contribution >= 0.6 is 0 Å². The summed E-state index contributed by atoms with van der Waals surface area (Å²) in [7, 11) is -1.47. The first-order chi connectivity index (χ1) is 17.5. The van der Waals surface area contributed by atoms with E-state index in [4.69, 9.17) is 0 Å². The summed E-state index contributed by atoms with van der Waals surface area (Å²) < 4.78 is 23.9. The number of carbonyl (C=O) groups is 2. The molecule has 0 aliphatic heterocycles. The van der Waals surface area contributed by atoms with Gasteiger partial charge in [0, 0.05) is 18.3 Å². The maximum Gasteiger partial charge on any atom is 0.254 e. The highest BCUT2D eigenvalue weighted by molar-refractivity contribution is 7.91. The average molecular weight is 521 g/mol. The Morgan fingerprint density at radius 2 is 1.41 bits per heavy atom. The summed E-state index contributed by atoms with van der Waals surface area (Å²) in [5, 5.41) is 2.83. The monoisotopic (exact) mass is 520 g/mol. The molecule has 0 aromatic heterocycles. The van der Waals surface area contributed by atoms with E-state index in [0.29, 0.717) is 22.7 Å². The number of hydrogen-bond donors (Lipinski definition) is 1. The first-order valence-electron chi connectivity index (χ1n) is 12.6. The lowest BCUT2D eigenvalue weighted by Crippen LogP contribution is -2.29. The van der Waals surface area contributed by atoms with Gasteiger partial charge in [-0.25, -0.2) is 8.42 Å². The first kappa shape index (κ1) is 28.1. The highest BCUT2D eigenvalue weighted by Crippen LogP contribution is 2.23. The molecule has 0 saturated heterocycles. The fourth-order valence-corrected chi connectivity index (χ4v) is 4.96. The van der Waals surface area contributed by atoms with Gasteiger partial charge in [0.1, 0.15) is 0 Å². The molecule has 0 unspecified atom stereocenters. The number of amides is 2. The molecule has 0 radical (unpaired) electrons. The largest absolute Gasteiger partial charge is 0.335 e. The van der Waals surface area contributed by atoms with Crippen LogP contribution < -0.4 is 5.32 Å². The van der Waals surface area contributed by atoms with Gasteiger partial charge < -0.3 is 10.2 Å². The Labute approximate surface area is 220 Å². The number of rotatable bonds is 10. The molecule has 0 heterocycles. The second kappa shape index (κ2) is 12.2. The van der Waals surface area contributed by atoms with Crippen LogP contribution in [0, 0.1) is 5.92 Å². The highest BCUT2D eigenvalue weighted by Gasteiger charge is 2.19.